The molecule has 0 saturated carbocycles. The second-order valence-electron chi connectivity index (χ2n) is 4.99. The van der Waals surface area contributed by atoms with E-state index < -0.39 is 0 Å². The maximum Gasteiger partial charge on any atom is 0.169 e. The first kappa shape index (κ1) is 13.8. The molecule has 0 bridgehead atoms. The SMILES string of the molecule is CCc1nnc(N2CCC[C@@H](N)C2)c(C#N)c1CC. The molecule has 1 fully saturated rings. The highest BCUT2D eigenvalue weighted by Crippen LogP contribution is 2.25. The lowest BCUT2D eigenvalue weighted by Gasteiger charge is -2.32. The van der Waals surface area contributed by atoms with Crippen LogP contribution in [0.4, 0.5) is 5.82 Å². The summed E-state index contributed by atoms with van der Waals surface area (Å²) in [5.74, 6) is 0.715. The van der Waals surface area contributed by atoms with Gasteiger partial charge in [0.15, 0.2) is 5.82 Å². The molecule has 0 spiro atoms. The van der Waals surface area contributed by atoms with E-state index in [1.165, 1.54) is 0 Å². The minimum absolute atomic E-state index is 0.165. The minimum atomic E-state index is 0.165. The summed E-state index contributed by atoms with van der Waals surface area (Å²) in [6.45, 7) is 5.77. The zero-order valence-corrected chi connectivity index (χ0v) is 11.7. The third kappa shape index (κ3) is 2.69. The molecule has 1 aliphatic rings. The summed E-state index contributed by atoms with van der Waals surface area (Å²) in [5.41, 5.74) is 8.66. The fourth-order valence-corrected chi connectivity index (χ4v) is 2.70. The molecule has 5 heteroatoms. The molecule has 0 amide bonds. The summed E-state index contributed by atoms with van der Waals surface area (Å²) in [7, 11) is 0. The van der Waals surface area contributed by atoms with Gasteiger partial charge in [0, 0.05) is 19.1 Å². The predicted octanol–water partition coefficient (Wildman–Crippen LogP) is 1.40. The van der Waals surface area contributed by atoms with E-state index in [-0.39, 0.29) is 6.04 Å². The number of aromatic nitrogens is 2. The lowest BCUT2D eigenvalue weighted by molar-refractivity contribution is 0.501. The van der Waals surface area contributed by atoms with Gasteiger partial charge in [0.1, 0.15) is 11.6 Å². The van der Waals surface area contributed by atoms with Crippen molar-refractivity contribution in [3.8, 4) is 6.07 Å². The lowest BCUT2D eigenvalue weighted by Crippen LogP contribution is -2.43. The Morgan fingerprint density at radius 2 is 2.16 bits per heavy atom. The topological polar surface area (TPSA) is 78.8 Å². The van der Waals surface area contributed by atoms with Crippen molar-refractivity contribution in [2.45, 2.75) is 45.6 Å². The van der Waals surface area contributed by atoms with Crippen LogP contribution in [0.3, 0.4) is 0 Å². The fourth-order valence-electron chi connectivity index (χ4n) is 2.70. The van der Waals surface area contributed by atoms with Gasteiger partial charge in [-0.2, -0.15) is 10.4 Å². The van der Waals surface area contributed by atoms with E-state index in [1.54, 1.807) is 0 Å². The smallest absolute Gasteiger partial charge is 0.169 e. The molecule has 1 aliphatic heterocycles. The molecular weight excluding hydrogens is 238 g/mol. The molecule has 5 nitrogen and oxygen atoms in total. The predicted molar refractivity (Wildman–Crippen MR) is 74.9 cm³/mol. The van der Waals surface area contributed by atoms with Gasteiger partial charge in [0.2, 0.25) is 0 Å². The van der Waals surface area contributed by atoms with Crippen LogP contribution in [0.2, 0.25) is 0 Å². The standard InChI is InChI=1S/C14H21N5/c1-3-11-12(8-15)14(18-17-13(11)4-2)19-7-5-6-10(16)9-19/h10H,3-7,9,16H2,1-2H3/t10-/m1/s1. The Morgan fingerprint density at radius 3 is 2.74 bits per heavy atom. The number of rotatable bonds is 3. The second kappa shape index (κ2) is 5.98. The van der Waals surface area contributed by atoms with Gasteiger partial charge in [-0.3, -0.25) is 0 Å². The molecule has 1 aromatic heterocycles. The van der Waals surface area contributed by atoms with Crippen LogP contribution in [0, 0.1) is 11.3 Å². The molecule has 0 aliphatic carbocycles. The first-order chi connectivity index (χ1) is 9.21. The fraction of sp³-hybridized carbons (Fsp3) is 0.643. The zero-order chi connectivity index (χ0) is 13.8. The molecule has 19 heavy (non-hydrogen) atoms. The molecule has 2 rings (SSSR count). The van der Waals surface area contributed by atoms with Gasteiger partial charge in [-0.05, 0) is 31.2 Å². The van der Waals surface area contributed by atoms with E-state index in [0.717, 1.165) is 50.0 Å². The van der Waals surface area contributed by atoms with Crippen LogP contribution in [0.5, 0.6) is 0 Å². The van der Waals surface area contributed by atoms with E-state index in [4.69, 9.17) is 5.73 Å². The summed E-state index contributed by atoms with van der Waals surface area (Å²) in [6, 6.07) is 2.48. The van der Waals surface area contributed by atoms with E-state index in [9.17, 15) is 5.26 Å². The Morgan fingerprint density at radius 1 is 1.37 bits per heavy atom. The summed E-state index contributed by atoms with van der Waals surface area (Å²) < 4.78 is 0. The van der Waals surface area contributed by atoms with Crippen LogP contribution in [-0.2, 0) is 12.8 Å². The summed E-state index contributed by atoms with van der Waals surface area (Å²) in [5, 5.41) is 18.0. The lowest BCUT2D eigenvalue weighted by atomic mass is 10.0. The van der Waals surface area contributed by atoms with E-state index in [0.29, 0.717) is 11.4 Å². The van der Waals surface area contributed by atoms with Crippen molar-refractivity contribution in [1.82, 2.24) is 10.2 Å². The molecule has 2 N–H and O–H groups in total. The van der Waals surface area contributed by atoms with Crippen LogP contribution in [0.15, 0.2) is 0 Å². The van der Waals surface area contributed by atoms with Gasteiger partial charge in [-0.25, -0.2) is 0 Å². The molecule has 1 atom stereocenters. The maximum absolute atomic E-state index is 9.47. The van der Waals surface area contributed by atoms with Gasteiger partial charge in [0.05, 0.1) is 5.69 Å². The highest BCUT2D eigenvalue weighted by atomic mass is 15.3. The third-order valence-electron chi connectivity index (χ3n) is 3.70. The average Bonchev–Trinajstić information content (AvgIpc) is 2.45. The molecule has 0 unspecified atom stereocenters. The molecule has 2 heterocycles. The number of aryl methyl sites for hydroxylation is 1. The Kier molecular flexibility index (Phi) is 4.33. The van der Waals surface area contributed by atoms with Gasteiger partial charge in [-0.1, -0.05) is 13.8 Å². The Labute approximate surface area is 114 Å². The van der Waals surface area contributed by atoms with Crippen molar-refractivity contribution in [3.05, 3.63) is 16.8 Å². The van der Waals surface area contributed by atoms with Crippen LogP contribution < -0.4 is 10.6 Å². The quantitative estimate of drug-likeness (QED) is 0.887. The number of hydrogen-bond donors (Lipinski definition) is 1. The third-order valence-corrected chi connectivity index (χ3v) is 3.70. The maximum atomic E-state index is 9.47. The summed E-state index contributed by atoms with van der Waals surface area (Å²) in [6.07, 6.45) is 3.71. The van der Waals surface area contributed by atoms with Crippen molar-refractivity contribution in [3.63, 3.8) is 0 Å². The number of anilines is 1. The van der Waals surface area contributed by atoms with E-state index >= 15 is 0 Å². The van der Waals surface area contributed by atoms with Crippen molar-refractivity contribution >= 4 is 5.82 Å². The second-order valence-corrected chi connectivity index (χ2v) is 4.99. The van der Waals surface area contributed by atoms with Crippen LogP contribution in [0.1, 0.15) is 43.5 Å². The van der Waals surface area contributed by atoms with Crippen LogP contribution in [-0.4, -0.2) is 29.3 Å². The number of nitriles is 1. The highest BCUT2D eigenvalue weighted by Gasteiger charge is 2.23. The minimum Gasteiger partial charge on any atom is -0.352 e. The number of nitrogens with zero attached hydrogens (tertiary/aromatic N) is 4. The summed E-state index contributed by atoms with van der Waals surface area (Å²) in [4.78, 5) is 2.11. The highest BCUT2D eigenvalue weighted by molar-refractivity contribution is 5.58. The first-order valence-corrected chi connectivity index (χ1v) is 7.00. The number of nitrogens with two attached hydrogens (primary N) is 1. The normalized spacial score (nSPS) is 19.3. The molecule has 0 aromatic carbocycles. The van der Waals surface area contributed by atoms with Gasteiger partial charge in [-0.15, -0.1) is 5.10 Å². The number of piperidine rings is 1. The number of hydrogen-bond acceptors (Lipinski definition) is 5. The first-order valence-electron chi connectivity index (χ1n) is 7.00. The van der Waals surface area contributed by atoms with Gasteiger partial charge >= 0.3 is 0 Å². The zero-order valence-electron chi connectivity index (χ0n) is 11.7. The molecular formula is C14H21N5. The van der Waals surface area contributed by atoms with Gasteiger partial charge < -0.3 is 10.6 Å². The molecule has 0 radical (unpaired) electrons. The van der Waals surface area contributed by atoms with E-state index in [2.05, 4.69) is 28.1 Å². The summed E-state index contributed by atoms with van der Waals surface area (Å²) >= 11 is 0. The van der Waals surface area contributed by atoms with Crippen molar-refractivity contribution in [2.24, 2.45) is 5.73 Å². The van der Waals surface area contributed by atoms with Crippen LogP contribution in [0.25, 0.3) is 0 Å². The van der Waals surface area contributed by atoms with Crippen molar-refractivity contribution in [1.29, 1.82) is 5.26 Å². The molecule has 1 aromatic rings. The Bertz CT molecular complexity index is 491. The van der Waals surface area contributed by atoms with Crippen molar-refractivity contribution < 1.29 is 0 Å². The van der Waals surface area contributed by atoms with Crippen LogP contribution >= 0.6 is 0 Å². The molecule has 102 valence electrons. The molecule has 1 saturated heterocycles. The Balaban J connectivity index is 2.43. The monoisotopic (exact) mass is 259 g/mol. The van der Waals surface area contributed by atoms with E-state index in [1.807, 2.05) is 6.92 Å². The van der Waals surface area contributed by atoms with Gasteiger partial charge in [0.25, 0.3) is 0 Å². The van der Waals surface area contributed by atoms with Crippen molar-refractivity contribution in [2.75, 3.05) is 18.0 Å². The average molecular weight is 259 g/mol. The largest absolute Gasteiger partial charge is 0.352 e. The Hall–Kier alpha value is -1.67.